The van der Waals surface area contributed by atoms with Crippen molar-refractivity contribution in [3.05, 3.63) is 29.8 Å². The first kappa shape index (κ1) is 25.4. The van der Waals surface area contributed by atoms with Gasteiger partial charge in [0.2, 0.25) is 5.91 Å². The molecule has 1 amide bonds. The molecule has 0 bridgehead atoms. The number of esters is 1. The van der Waals surface area contributed by atoms with Gasteiger partial charge in [0.15, 0.2) is 0 Å². The Labute approximate surface area is 201 Å². The van der Waals surface area contributed by atoms with E-state index in [1.165, 1.54) is 37.9 Å². The van der Waals surface area contributed by atoms with E-state index in [1.54, 1.807) is 23.6 Å². The normalized spacial score (nSPS) is 22.1. The summed E-state index contributed by atoms with van der Waals surface area (Å²) in [5.41, 5.74) is 2.39. The summed E-state index contributed by atoms with van der Waals surface area (Å²) in [6.07, 6.45) is 4.92. The molecule has 0 aliphatic carbocycles. The first-order valence-corrected chi connectivity index (χ1v) is 13.1. The third kappa shape index (κ3) is 7.12. The molecule has 3 atom stereocenters. The maximum absolute atomic E-state index is 12.9. The number of carbonyl (C=O) groups is 2. The molecule has 8 heteroatoms. The van der Waals surface area contributed by atoms with E-state index in [2.05, 4.69) is 34.5 Å². The average molecular weight is 473 g/mol. The van der Waals surface area contributed by atoms with E-state index in [1.807, 2.05) is 13.0 Å². The molecule has 0 aromatic heterocycles. The summed E-state index contributed by atoms with van der Waals surface area (Å²) < 4.78 is 5.01. The van der Waals surface area contributed by atoms with Crippen molar-refractivity contribution in [2.24, 2.45) is 5.92 Å². The fourth-order valence-corrected chi connectivity index (χ4v) is 6.12. The summed E-state index contributed by atoms with van der Waals surface area (Å²) in [5, 5.41) is 12.5. The number of hydrogen-bond acceptors (Lipinski definition) is 7. The number of hydrogen-bond donors (Lipinski definition) is 1. The molecular formula is C25H36N4O3S. The summed E-state index contributed by atoms with van der Waals surface area (Å²) in [6, 6.07) is 10.6. The van der Waals surface area contributed by atoms with E-state index in [4.69, 9.17) is 4.74 Å². The van der Waals surface area contributed by atoms with Crippen molar-refractivity contribution < 1.29 is 14.3 Å². The molecule has 180 valence electrons. The zero-order valence-electron chi connectivity index (χ0n) is 19.8. The summed E-state index contributed by atoms with van der Waals surface area (Å²) in [7, 11) is 0. The molecule has 3 unspecified atom stereocenters. The SMILES string of the molecule is CCOC(=O)C(C#N)CC1SC(CCNc2cccc(CN3CCCCC3)c2)C(=O)N1CC. The fourth-order valence-electron chi connectivity index (χ4n) is 4.53. The maximum atomic E-state index is 12.9. The van der Waals surface area contributed by atoms with E-state index < -0.39 is 11.9 Å². The van der Waals surface area contributed by atoms with Crippen LogP contribution in [0, 0.1) is 17.2 Å². The van der Waals surface area contributed by atoms with Crippen molar-refractivity contribution in [1.29, 1.82) is 5.26 Å². The van der Waals surface area contributed by atoms with E-state index in [0.29, 0.717) is 25.9 Å². The first-order valence-electron chi connectivity index (χ1n) is 12.1. The molecule has 2 aliphatic rings. The zero-order chi connectivity index (χ0) is 23.6. The molecule has 0 spiro atoms. The number of nitrogens with one attached hydrogen (secondary N) is 1. The minimum Gasteiger partial charge on any atom is -0.465 e. The van der Waals surface area contributed by atoms with Crippen molar-refractivity contribution in [1.82, 2.24) is 9.80 Å². The van der Waals surface area contributed by atoms with Crippen LogP contribution in [-0.2, 0) is 20.9 Å². The van der Waals surface area contributed by atoms with Crippen molar-refractivity contribution >= 4 is 29.3 Å². The number of anilines is 1. The number of nitrogens with zero attached hydrogens (tertiary/aromatic N) is 3. The highest BCUT2D eigenvalue weighted by Gasteiger charge is 2.41. The number of thioether (sulfide) groups is 1. The molecule has 2 heterocycles. The van der Waals surface area contributed by atoms with Crippen LogP contribution < -0.4 is 5.32 Å². The van der Waals surface area contributed by atoms with Crippen LogP contribution in [0.25, 0.3) is 0 Å². The van der Waals surface area contributed by atoms with Gasteiger partial charge in [-0.1, -0.05) is 18.6 Å². The first-order chi connectivity index (χ1) is 16.0. The Kier molecular flexibility index (Phi) is 9.89. The van der Waals surface area contributed by atoms with Crippen molar-refractivity contribution in [3.8, 4) is 6.07 Å². The van der Waals surface area contributed by atoms with Crippen molar-refractivity contribution in [2.45, 2.75) is 63.1 Å². The van der Waals surface area contributed by atoms with Gasteiger partial charge in [0.25, 0.3) is 0 Å². The van der Waals surface area contributed by atoms with Crippen LogP contribution in [-0.4, -0.2) is 65.1 Å². The lowest BCUT2D eigenvalue weighted by Gasteiger charge is -2.26. The van der Waals surface area contributed by atoms with Gasteiger partial charge in [0, 0.05) is 31.7 Å². The maximum Gasteiger partial charge on any atom is 0.323 e. The Hall–Kier alpha value is -2.24. The van der Waals surface area contributed by atoms with E-state index in [-0.39, 0.29) is 23.1 Å². The van der Waals surface area contributed by atoms with Gasteiger partial charge in [-0.25, -0.2) is 0 Å². The van der Waals surface area contributed by atoms with E-state index in [0.717, 1.165) is 12.2 Å². The summed E-state index contributed by atoms with van der Waals surface area (Å²) >= 11 is 1.56. The highest BCUT2D eigenvalue weighted by molar-refractivity contribution is 8.01. The molecule has 0 saturated carbocycles. The summed E-state index contributed by atoms with van der Waals surface area (Å²) in [6.45, 7) is 8.52. The number of carbonyl (C=O) groups excluding carboxylic acids is 2. The van der Waals surface area contributed by atoms with Crippen molar-refractivity contribution in [3.63, 3.8) is 0 Å². The van der Waals surface area contributed by atoms with Crippen LogP contribution in [0.1, 0.15) is 51.5 Å². The third-order valence-corrected chi connectivity index (χ3v) is 7.78. The Morgan fingerprint density at radius 3 is 2.79 bits per heavy atom. The minimum atomic E-state index is -0.844. The number of likely N-dealkylation sites (tertiary alicyclic amines) is 1. The fraction of sp³-hybridized carbons (Fsp3) is 0.640. The van der Waals surface area contributed by atoms with Gasteiger partial charge < -0.3 is 15.0 Å². The van der Waals surface area contributed by atoms with Gasteiger partial charge in [-0.05, 0) is 63.9 Å². The Bertz CT molecular complexity index is 837. The lowest BCUT2D eigenvalue weighted by Crippen LogP contribution is -2.36. The second-order valence-electron chi connectivity index (χ2n) is 8.63. The number of piperidine rings is 1. The average Bonchev–Trinajstić information content (AvgIpc) is 3.12. The molecule has 1 aromatic rings. The Balaban J connectivity index is 1.50. The molecule has 1 N–H and O–H groups in total. The Morgan fingerprint density at radius 2 is 2.09 bits per heavy atom. The second-order valence-corrected chi connectivity index (χ2v) is 10.0. The smallest absolute Gasteiger partial charge is 0.323 e. The number of ether oxygens (including phenoxy) is 1. The molecular weight excluding hydrogens is 436 g/mol. The third-order valence-electron chi connectivity index (χ3n) is 6.25. The molecule has 2 saturated heterocycles. The molecule has 0 radical (unpaired) electrons. The number of rotatable bonds is 11. The van der Waals surface area contributed by atoms with E-state index >= 15 is 0 Å². The predicted molar refractivity (Wildman–Crippen MR) is 132 cm³/mol. The molecule has 7 nitrogen and oxygen atoms in total. The number of nitriles is 1. The van der Waals surface area contributed by atoms with E-state index in [9.17, 15) is 14.9 Å². The van der Waals surface area contributed by atoms with Gasteiger partial charge in [-0.2, -0.15) is 5.26 Å². The largest absolute Gasteiger partial charge is 0.465 e. The molecule has 1 aromatic carbocycles. The van der Waals surface area contributed by atoms with Crippen LogP contribution in [0.5, 0.6) is 0 Å². The van der Waals surface area contributed by atoms with Crippen LogP contribution in [0.15, 0.2) is 24.3 Å². The standard InChI is InChI=1S/C25H36N4O3S/c1-3-29-23(16-20(17-26)25(31)32-4-2)33-22(24(29)30)11-12-27-21-10-8-9-19(15-21)18-28-13-6-5-7-14-28/h8-10,15,20,22-23,27H,3-7,11-14,16,18H2,1-2H3. The zero-order valence-corrected chi connectivity index (χ0v) is 20.6. The van der Waals surface area contributed by atoms with Crippen LogP contribution in [0.4, 0.5) is 5.69 Å². The van der Waals surface area contributed by atoms with Gasteiger partial charge in [-0.3, -0.25) is 14.5 Å². The summed E-state index contributed by atoms with van der Waals surface area (Å²) in [5.74, 6) is -1.25. The lowest BCUT2D eigenvalue weighted by molar-refractivity contribution is -0.146. The number of amides is 1. The monoisotopic (exact) mass is 472 g/mol. The predicted octanol–water partition coefficient (Wildman–Crippen LogP) is 3.86. The van der Waals surface area contributed by atoms with Gasteiger partial charge in [-0.15, -0.1) is 11.8 Å². The quantitative estimate of drug-likeness (QED) is 0.490. The van der Waals surface area contributed by atoms with Crippen LogP contribution in [0.3, 0.4) is 0 Å². The molecule has 3 rings (SSSR count). The molecule has 33 heavy (non-hydrogen) atoms. The lowest BCUT2D eigenvalue weighted by atomic mass is 10.1. The topological polar surface area (TPSA) is 85.7 Å². The second kappa shape index (κ2) is 12.9. The minimum absolute atomic E-state index is 0.0914. The van der Waals surface area contributed by atoms with Gasteiger partial charge in [0.1, 0.15) is 5.92 Å². The van der Waals surface area contributed by atoms with Crippen LogP contribution >= 0.6 is 11.8 Å². The highest BCUT2D eigenvalue weighted by atomic mass is 32.2. The van der Waals surface area contributed by atoms with Crippen LogP contribution in [0.2, 0.25) is 0 Å². The highest BCUT2D eigenvalue weighted by Crippen LogP contribution is 2.37. The number of benzene rings is 1. The summed E-state index contributed by atoms with van der Waals surface area (Å²) in [4.78, 5) is 29.2. The molecule has 2 fully saturated rings. The van der Waals surface area contributed by atoms with Gasteiger partial charge in [0.05, 0.1) is 23.3 Å². The van der Waals surface area contributed by atoms with Crippen molar-refractivity contribution in [2.75, 3.05) is 38.1 Å². The Morgan fingerprint density at radius 1 is 1.30 bits per heavy atom. The van der Waals surface area contributed by atoms with Gasteiger partial charge >= 0.3 is 5.97 Å². The molecule has 2 aliphatic heterocycles.